The Kier molecular flexibility index (Phi) is 3.13. The Balaban J connectivity index is 1.65. The normalized spacial score (nSPS) is 20.1. The molecule has 5 heterocycles. The highest BCUT2D eigenvalue weighted by molar-refractivity contribution is 6.29. The van der Waals surface area contributed by atoms with E-state index in [2.05, 4.69) is 25.5 Å². The van der Waals surface area contributed by atoms with E-state index in [4.69, 9.17) is 16.3 Å². The van der Waals surface area contributed by atoms with Gasteiger partial charge in [-0.1, -0.05) is 17.3 Å². The van der Waals surface area contributed by atoms with E-state index in [-0.39, 0.29) is 0 Å². The Hall–Kier alpha value is -3.04. The highest BCUT2D eigenvalue weighted by atomic mass is 35.5. The first-order chi connectivity index (χ1) is 13.7. The molecule has 0 N–H and O–H groups in total. The minimum atomic E-state index is -0.416. The third-order valence-corrected chi connectivity index (χ3v) is 5.69. The molecule has 1 aliphatic rings. The molecule has 0 spiro atoms. The van der Waals surface area contributed by atoms with E-state index in [1.165, 1.54) is 0 Å². The summed E-state index contributed by atoms with van der Waals surface area (Å²) in [5.41, 5.74) is 2.73. The Bertz CT molecular complexity index is 1360. The number of halogens is 1. The van der Waals surface area contributed by atoms with Crippen LogP contribution in [-0.2, 0) is 10.3 Å². The molecule has 28 heavy (non-hydrogen) atoms. The lowest BCUT2D eigenvalue weighted by molar-refractivity contribution is 0.0131. The maximum Gasteiger partial charge on any atom is 0.259 e. The van der Waals surface area contributed by atoms with Gasteiger partial charge in [0.1, 0.15) is 16.9 Å². The second-order valence-electron chi connectivity index (χ2n) is 7.13. The summed E-state index contributed by atoms with van der Waals surface area (Å²) in [5.74, 6) is 0.516. The van der Waals surface area contributed by atoms with Crippen LogP contribution in [0.4, 0.5) is 0 Å². The van der Waals surface area contributed by atoms with Crippen molar-refractivity contribution in [2.75, 3.05) is 6.61 Å². The van der Waals surface area contributed by atoms with Gasteiger partial charge in [-0.15, -0.1) is 15.3 Å². The first-order valence-electron chi connectivity index (χ1n) is 9.02. The van der Waals surface area contributed by atoms with Gasteiger partial charge in [-0.3, -0.25) is 4.40 Å². The molecule has 1 unspecified atom stereocenters. The fourth-order valence-electron chi connectivity index (χ4n) is 3.95. The SMILES string of the molecule is CC1(c2cn(-c3nnc4c5ccccc5n5c(Cl)ncc5n34)nn2)CCCO1. The van der Waals surface area contributed by atoms with Crippen molar-refractivity contribution in [1.29, 1.82) is 0 Å². The van der Waals surface area contributed by atoms with Crippen molar-refractivity contribution in [3.8, 4) is 5.95 Å². The lowest BCUT2D eigenvalue weighted by Crippen LogP contribution is -2.20. The summed E-state index contributed by atoms with van der Waals surface area (Å²) in [7, 11) is 0. The molecule has 6 rings (SSSR count). The number of fused-ring (bicyclic) bond motifs is 6. The van der Waals surface area contributed by atoms with Crippen LogP contribution in [0.1, 0.15) is 25.5 Å². The lowest BCUT2D eigenvalue weighted by Gasteiger charge is -2.19. The van der Waals surface area contributed by atoms with Crippen molar-refractivity contribution in [3.63, 3.8) is 0 Å². The van der Waals surface area contributed by atoms with Gasteiger partial charge in [0.25, 0.3) is 5.95 Å². The molecule has 4 aromatic heterocycles. The van der Waals surface area contributed by atoms with E-state index in [9.17, 15) is 0 Å². The van der Waals surface area contributed by atoms with Crippen LogP contribution in [-0.4, -0.2) is 45.6 Å². The van der Waals surface area contributed by atoms with Crippen molar-refractivity contribution in [3.05, 3.63) is 47.6 Å². The molecular formula is C18H15ClN8O. The standard InChI is InChI=1S/C18H15ClN8O/c1-18(7-4-8-28-18)13-10-25(24-21-13)17-23-22-15-11-5-2-3-6-12(11)26-14(27(15)17)9-20-16(26)19/h2-3,5-6,9-10H,4,7-8H2,1H3. The van der Waals surface area contributed by atoms with Crippen LogP contribution in [0.25, 0.3) is 28.1 Å². The average Bonchev–Trinajstić information content (AvgIpc) is 3.47. The molecule has 5 aromatic rings. The minimum absolute atomic E-state index is 0.374. The predicted molar refractivity (Wildman–Crippen MR) is 102 cm³/mol. The lowest BCUT2D eigenvalue weighted by atomic mass is 10.00. The van der Waals surface area contributed by atoms with Gasteiger partial charge >= 0.3 is 0 Å². The number of hydrogen-bond donors (Lipinski definition) is 0. The minimum Gasteiger partial charge on any atom is -0.369 e. The summed E-state index contributed by atoms with van der Waals surface area (Å²) in [4.78, 5) is 4.28. The van der Waals surface area contributed by atoms with Crippen LogP contribution < -0.4 is 0 Å². The molecule has 1 atom stereocenters. The van der Waals surface area contributed by atoms with Crippen molar-refractivity contribution < 1.29 is 4.74 Å². The molecule has 0 amide bonds. The summed E-state index contributed by atoms with van der Waals surface area (Å²) in [6.07, 6.45) is 5.48. The first kappa shape index (κ1) is 16.0. The third kappa shape index (κ3) is 2.02. The van der Waals surface area contributed by atoms with Gasteiger partial charge in [-0.05, 0) is 43.5 Å². The van der Waals surface area contributed by atoms with Gasteiger partial charge in [-0.2, -0.15) is 4.68 Å². The zero-order valence-corrected chi connectivity index (χ0v) is 15.7. The van der Waals surface area contributed by atoms with Crippen LogP contribution in [0.3, 0.4) is 0 Å². The molecule has 1 fully saturated rings. The Labute approximate surface area is 163 Å². The predicted octanol–water partition coefficient (Wildman–Crippen LogP) is 2.79. The van der Waals surface area contributed by atoms with E-state index < -0.39 is 5.60 Å². The quantitative estimate of drug-likeness (QED) is 0.457. The zero-order valence-electron chi connectivity index (χ0n) is 14.9. The molecule has 0 radical (unpaired) electrons. The Morgan fingerprint density at radius 1 is 1.14 bits per heavy atom. The van der Waals surface area contributed by atoms with Crippen molar-refractivity contribution >= 4 is 33.8 Å². The highest BCUT2D eigenvalue weighted by Gasteiger charge is 2.35. The molecule has 10 heteroatoms. The van der Waals surface area contributed by atoms with Gasteiger partial charge in [0.15, 0.2) is 5.65 Å². The summed E-state index contributed by atoms with van der Waals surface area (Å²) < 4.78 is 11.3. The summed E-state index contributed by atoms with van der Waals surface area (Å²) in [6, 6.07) is 7.88. The molecule has 9 nitrogen and oxygen atoms in total. The molecule has 1 saturated heterocycles. The van der Waals surface area contributed by atoms with Crippen molar-refractivity contribution in [2.45, 2.75) is 25.4 Å². The first-order valence-corrected chi connectivity index (χ1v) is 9.39. The molecule has 0 bridgehead atoms. The van der Waals surface area contributed by atoms with Crippen LogP contribution in [0.2, 0.25) is 5.28 Å². The maximum absolute atomic E-state index is 6.37. The molecule has 1 aliphatic heterocycles. The van der Waals surface area contributed by atoms with Crippen LogP contribution >= 0.6 is 11.6 Å². The van der Waals surface area contributed by atoms with Crippen LogP contribution in [0.5, 0.6) is 0 Å². The Morgan fingerprint density at radius 2 is 2.04 bits per heavy atom. The van der Waals surface area contributed by atoms with E-state index in [0.717, 1.165) is 41.7 Å². The number of hydrogen-bond acceptors (Lipinski definition) is 6. The van der Waals surface area contributed by atoms with Gasteiger partial charge in [0, 0.05) is 12.0 Å². The fraction of sp³-hybridized carbons (Fsp3) is 0.278. The van der Waals surface area contributed by atoms with Crippen LogP contribution in [0.15, 0.2) is 36.7 Å². The number of ether oxygens (including phenoxy) is 1. The van der Waals surface area contributed by atoms with E-state index in [1.807, 2.05) is 46.2 Å². The van der Waals surface area contributed by atoms with Crippen LogP contribution in [0, 0.1) is 0 Å². The highest BCUT2D eigenvalue weighted by Crippen LogP contribution is 2.34. The average molecular weight is 395 g/mol. The monoisotopic (exact) mass is 394 g/mol. The second kappa shape index (κ2) is 5.49. The van der Waals surface area contributed by atoms with Gasteiger partial charge < -0.3 is 4.74 Å². The molecule has 0 aliphatic carbocycles. The Morgan fingerprint density at radius 3 is 2.89 bits per heavy atom. The van der Waals surface area contributed by atoms with Crippen molar-refractivity contribution in [2.24, 2.45) is 0 Å². The second-order valence-corrected chi connectivity index (χ2v) is 7.47. The van der Waals surface area contributed by atoms with Gasteiger partial charge in [0.05, 0.1) is 17.9 Å². The number of aromatic nitrogens is 8. The molecule has 1 aromatic carbocycles. The number of para-hydroxylation sites is 1. The fourth-order valence-corrected chi connectivity index (χ4v) is 4.18. The molecule has 140 valence electrons. The number of imidazole rings is 1. The molecule has 0 saturated carbocycles. The maximum atomic E-state index is 6.37. The van der Waals surface area contributed by atoms with Gasteiger partial charge in [-0.25, -0.2) is 9.38 Å². The summed E-state index contributed by atoms with van der Waals surface area (Å²) in [6.45, 7) is 2.77. The number of nitrogens with zero attached hydrogens (tertiary/aromatic N) is 8. The molecular weight excluding hydrogens is 380 g/mol. The number of benzene rings is 1. The van der Waals surface area contributed by atoms with Gasteiger partial charge in [0.2, 0.25) is 5.28 Å². The van der Waals surface area contributed by atoms with E-state index in [1.54, 1.807) is 10.9 Å². The largest absolute Gasteiger partial charge is 0.369 e. The smallest absolute Gasteiger partial charge is 0.259 e. The zero-order chi connectivity index (χ0) is 18.9. The summed E-state index contributed by atoms with van der Waals surface area (Å²) >= 11 is 6.37. The topological polar surface area (TPSA) is 87.4 Å². The van der Waals surface area contributed by atoms with E-state index in [0.29, 0.717) is 16.9 Å². The van der Waals surface area contributed by atoms with E-state index >= 15 is 0 Å². The third-order valence-electron chi connectivity index (χ3n) is 5.42. The summed E-state index contributed by atoms with van der Waals surface area (Å²) in [5, 5.41) is 18.7. The van der Waals surface area contributed by atoms with Crippen molar-refractivity contribution in [1.82, 2.24) is 39.0 Å². The number of rotatable bonds is 2.